The van der Waals surface area contributed by atoms with Crippen LogP contribution in [0.2, 0.25) is 5.02 Å². The third kappa shape index (κ3) is 7.42. The molecule has 0 bridgehead atoms. The minimum absolute atomic E-state index is 0.00625. The van der Waals surface area contributed by atoms with Crippen LogP contribution in [0.1, 0.15) is 11.1 Å². The summed E-state index contributed by atoms with van der Waals surface area (Å²) in [6.07, 6.45) is 3.05. The molecule has 36 heavy (non-hydrogen) atoms. The lowest BCUT2D eigenvalue weighted by Gasteiger charge is -2.21. The van der Waals surface area contributed by atoms with Crippen molar-refractivity contribution in [2.24, 2.45) is 5.10 Å². The van der Waals surface area contributed by atoms with E-state index in [1.54, 1.807) is 48.5 Å². The molecule has 0 radical (unpaired) electrons. The molecule has 0 atom stereocenters. The van der Waals surface area contributed by atoms with Crippen molar-refractivity contribution in [3.63, 3.8) is 0 Å². The summed E-state index contributed by atoms with van der Waals surface area (Å²) in [5, 5.41) is 4.37. The van der Waals surface area contributed by atoms with Gasteiger partial charge in [0.25, 0.3) is 5.91 Å². The second-order valence-corrected chi connectivity index (χ2v) is 9.89. The molecule has 3 aromatic carbocycles. The van der Waals surface area contributed by atoms with Gasteiger partial charge in [-0.15, -0.1) is 0 Å². The molecule has 0 aliphatic heterocycles. The number of carbonyl (C=O) groups excluding carboxylic acids is 1. The minimum Gasteiger partial charge on any atom is -0.493 e. The summed E-state index contributed by atoms with van der Waals surface area (Å²) in [4.78, 5) is 12.7. The molecule has 0 aliphatic carbocycles. The maximum atomic E-state index is 13.3. The number of carbonyl (C=O) groups is 1. The van der Waals surface area contributed by atoms with Gasteiger partial charge in [-0.1, -0.05) is 54.6 Å². The van der Waals surface area contributed by atoms with Crippen LogP contribution in [0.25, 0.3) is 0 Å². The molecule has 8 nitrogen and oxygen atoms in total. The number of sulfonamides is 1. The highest BCUT2D eigenvalue weighted by molar-refractivity contribution is 7.89. The number of ether oxygens (including phenoxy) is 2. The first kappa shape index (κ1) is 26.9. The first-order valence-electron chi connectivity index (χ1n) is 10.9. The van der Waals surface area contributed by atoms with Crippen LogP contribution in [0.15, 0.2) is 95.4 Å². The molecule has 0 aromatic heterocycles. The van der Waals surface area contributed by atoms with Gasteiger partial charge in [-0.3, -0.25) is 4.79 Å². The Morgan fingerprint density at radius 2 is 1.81 bits per heavy atom. The van der Waals surface area contributed by atoms with Crippen LogP contribution >= 0.6 is 11.6 Å². The second kappa shape index (κ2) is 12.9. The summed E-state index contributed by atoms with van der Waals surface area (Å²) in [7, 11) is -2.47. The Morgan fingerprint density at radius 1 is 1.08 bits per heavy atom. The predicted octanol–water partition coefficient (Wildman–Crippen LogP) is 4.25. The average molecular weight is 528 g/mol. The van der Waals surface area contributed by atoms with E-state index in [2.05, 4.69) is 17.1 Å². The Morgan fingerprint density at radius 3 is 2.47 bits per heavy atom. The van der Waals surface area contributed by atoms with E-state index >= 15 is 0 Å². The molecule has 1 amide bonds. The first-order chi connectivity index (χ1) is 17.3. The highest BCUT2D eigenvalue weighted by atomic mass is 35.5. The molecule has 0 saturated carbocycles. The maximum absolute atomic E-state index is 13.3. The first-order valence-corrected chi connectivity index (χ1v) is 12.7. The van der Waals surface area contributed by atoms with Crippen molar-refractivity contribution in [1.82, 2.24) is 9.73 Å². The van der Waals surface area contributed by atoms with E-state index in [4.69, 9.17) is 21.1 Å². The van der Waals surface area contributed by atoms with Gasteiger partial charge in [-0.25, -0.2) is 13.8 Å². The standard InChI is InChI=1S/C26H26ClN3O5S/c1-3-15-35-24-14-9-21(16-25(24)34-2)17-28-29-26(31)19-30(18-20-7-5-4-6-8-20)36(32,33)23-12-10-22(27)11-13-23/h3-14,16-17H,1,15,18-19H2,2H3,(H,29,31)/b28-17-. The Labute approximate surface area is 215 Å². The lowest BCUT2D eigenvalue weighted by Crippen LogP contribution is -2.39. The zero-order valence-electron chi connectivity index (χ0n) is 19.6. The molecule has 10 heteroatoms. The normalized spacial score (nSPS) is 11.4. The second-order valence-electron chi connectivity index (χ2n) is 7.52. The molecular weight excluding hydrogens is 502 g/mol. The van der Waals surface area contributed by atoms with Crippen molar-refractivity contribution in [1.29, 1.82) is 0 Å². The molecule has 0 fully saturated rings. The molecule has 0 aliphatic rings. The number of hydrazone groups is 1. The van der Waals surface area contributed by atoms with Crippen LogP contribution in [0.5, 0.6) is 11.5 Å². The third-order valence-electron chi connectivity index (χ3n) is 4.92. The van der Waals surface area contributed by atoms with E-state index in [-0.39, 0.29) is 11.4 Å². The zero-order chi connectivity index (χ0) is 26.0. The van der Waals surface area contributed by atoms with E-state index < -0.39 is 22.5 Å². The van der Waals surface area contributed by atoms with E-state index in [0.717, 1.165) is 9.87 Å². The van der Waals surface area contributed by atoms with Gasteiger partial charge in [0.15, 0.2) is 11.5 Å². The SMILES string of the molecule is C=CCOc1ccc(/C=N\NC(=O)CN(Cc2ccccc2)S(=O)(=O)c2ccc(Cl)cc2)cc1OC. The van der Waals surface area contributed by atoms with Crippen molar-refractivity contribution in [2.45, 2.75) is 11.4 Å². The van der Waals surface area contributed by atoms with E-state index in [1.807, 2.05) is 6.07 Å². The van der Waals surface area contributed by atoms with Gasteiger partial charge >= 0.3 is 0 Å². The predicted molar refractivity (Wildman–Crippen MR) is 140 cm³/mol. The van der Waals surface area contributed by atoms with Gasteiger partial charge in [0.05, 0.1) is 24.8 Å². The summed E-state index contributed by atoms with van der Waals surface area (Å²) in [5.74, 6) is 0.440. The quantitative estimate of drug-likeness (QED) is 0.216. The van der Waals surface area contributed by atoms with E-state index in [1.165, 1.54) is 37.6 Å². The number of benzene rings is 3. The Balaban J connectivity index is 1.73. The fourth-order valence-electron chi connectivity index (χ4n) is 3.18. The van der Waals surface area contributed by atoms with Crippen LogP contribution in [0.4, 0.5) is 0 Å². The highest BCUT2D eigenvalue weighted by Crippen LogP contribution is 2.27. The van der Waals surface area contributed by atoms with Crippen LogP contribution in [0.3, 0.4) is 0 Å². The Bertz CT molecular complexity index is 1310. The average Bonchev–Trinajstić information content (AvgIpc) is 2.88. The summed E-state index contributed by atoms with van der Waals surface area (Å²) in [5.41, 5.74) is 3.76. The monoisotopic (exact) mass is 527 g/mol. The molecule has 0 spiro atoms. The Kier molecular flexibility index (Phi) is 9.63. The third-order valence-corrected chi connectivity index (χ3v) is 6.98. The molecule has 188 valence electrons. The van der Waals surface area contributed by atoms with Crippen LogP contribution in [-0.2, 0) is 21.4 Å². The largest absolute Gasteiger partial charge is 0.493 e. The number of halogens is 1. The molecule has 3 aromatic rings. The molecule has 1 N–H and O–H groups in total. The molecule has 0 unspecified atom stereocenters. The molecule has 3 rings (SSSR count). The molecule has 0 heterocycles. The number of amides is 1. The summed E-state index contributed by atoms with van der Waals surface area (Å²) < 4.78 is 38.5. The van der Waals surface area contributed by atoms with Crippen LogP contribution < -0.4 is 14.9 Å². The summed E-state index contributed by atoms with van der Waals surface area (Å²) >= 11 is 5.91. The number of methoxy groups -OCH3 is 1. The van der Waals surface area contributed by atoms with E-state index in [0.29, 0.717) is 28.7 Å². The fourth-order valence-corrected chi connectivity index (χ4v) is 4.69. The number of nitrogens with zero attached hydrogens (tertiary/aromatic N) is 2. The number of nitrogens with one attached hydrogen (secondary N) is 1. The zero-order valence-corrected chi connectivity index (χ0v) is 21.2. The topological polar surface area (TPSA) is 97.3 Å². The lowest BCUT2D eigenvalue weighted by atomic mass is 10.2. The van der Waals surface area contributed by atoms with Gasteiger partial charge in [0, 0.05) is 11.6 Å². The summed E-state index contributed by atoms with van der Waals surface area (Å²) in [6.45, 7) is 3.51. The minimum atomic E-state index is -3.99. The number of hydrogen-bond donors (Lipinski definition) is 1. The maximum Gasteiger partial charge on any atom is 0.255 e. The van der Waals surface area contributed by atoms with Crippen molar-refractivity contribution < 1.29 is 22.7 Å². The molecule has 0 saturated heterocycles. The van der Waals surface area contributed by atoms with Gasteiger partial charge in [-0.2, -0.15) is 9.41 Å². The van der Waals surface area contributed by atoms with Crippen molar-refractivity contribution in [3.05, 3.63) is 102 Å². The molecular formula is C26H26ClN3O5S. The summed E-state index contributed by atoms with van der Waals surface area (Å²) in [6, 6.07) is 19.9. The number of hydrogen-bond acceptors (Lipinski definition) is 6. The fraction of sp³-hybridized carbons (Fsp3) is 0.154. The lowest BCUT2D eigenvalue weighted by molar-refractivity contribution is -0.121. The van der Waals surface area contributed by atoms with Crippen LogP contribution in [0, 0.1) is 0 Å². The van der Waals surface area contributed by atoms with E-state index in [9.17, 15) is 13.2 Å². The van der Waals surface area contributed by atoms with Gasteiger partial charge in [-0.05, 0) is 53.6 Å². The van der Waals surface area contributed by atoms with Crippen molar-refractivity contribution >= 4 is 33.7 Å². The smallest absolute Gasteiger partial charge is 0.255 e. The van der Waals surface area contributed by atoms with Crippen LogP contribution in [-0.4, -0.2) is 45.1 Å². The van der Waals surface area contributed by atoms with Crippen molar-refractivity contribution in [3.8, 4) is 11.5 Å². The number of rotatable bonds is 12. The van der Waals surface area contributed by atoms with Gasteiger partial charge in [0.2, 0.25) is 10.0 Å². The van der Waals surface area contributed by atoms with Crippen molar-refractivity contribution in [2.75, 3.05) is 20.3 Å². The Hall–Kier alpha value is -3.66. The van der Waals surface area contributed by atoms with Gasteiger partial charge < -0.3 is 9.47 Å². The highest BCUT2D eigenvalue weighted by Gasteiger charge is 2.27. The van der Waals surface area contributed by atoms with Gasteiger partial charge in [0.1, 0.15) is 6.61 Å².